The number of nitrogens with two attached hydrogens (primary N) is 1. The third-order valence-corrected chi connectivity index (χ3v) is 4.60. The predicted molar refractivity (Wildman–Crippen MR) is 78.4 cm³/mol. The molecule has 2 amide bonds. The number of hydrogen-bond donors (Lipinski definition) is 5. The van der Waals surface area contributed by atoms with Crippen molar-refractivity contribution in [2.45, 2.75) is 9.79 Å². The number of rotatable bonds is 3. The van der Waals surface area contributed by atoms with E-state index < -0.39 is 47.2 Å². The van der Waals surface area contributed by atoms with Crippen LogP contribution in [0.3, 0.4) is 0 Å². The maximum Gasteiger partial charge on any atom is 0.316 e. The SMILES string of the molecule is NC(=O)Nc1ccc(S(=O)(=O)O)c2cc(S(=O)(=O)O)cc(O)c12. The highest BCUT2D eigenvalue weighted by Crippen LogP contribution is 2.37. The number of anilines is 1. The van der Waals surface area contributed by atoms with Crippen LogP contribution in [-0.4, -0.2) is 37.1 Å². The molecular formula is C11H10N2O8S2. The second-order valence-electron chi connectivity index (χ2n) is 4.42. The van der Waals surface area contributed by atoms with E-state index in [2.05, 4.69) is 5.32 Å². The Hall–Kier alpha value is -2.41. The fourth-order valence-electron chi connectivity index (χ4n) is 2.02. The summed E-state index contributed by atoms with van der Waals surface area (Å²) < 4.78 is 63.4. The second kappa shape index (κ2) is 5.34. The van der Waals surface area contributed by atoms with Crippen LogP contribution in [0.5, 0.6) is 5.75 Å². The second-order valence-corrected chi connectivity index (χ2v) is 7.23. The summed E-state index contributed by atoms with van der Waals surface area (Å²) in [5, 5.41) is 11.3. The first-order valence-electron chi connectivity index (χ1n) is 5.72. The molecule has 23 heavy (non-hydrogen) atoms. The Bertz CT molecular complexity index is 1030. The molecule has 6 N–H and O–H groups in total. The van der Waals surface area contributed by atoms with E-state index >= 15 is 0 Å². The fourth-order valence-corrected chi connectivity index (χ4v) is 3.23. The normalized spacial score (nSPS) is 12.3. The van der Waals surface area contributed by atoms with Gasteiger partial charge in [-0.15, -0.1) is 0 Å². The molecule has 0 aliphatic rings. The number of carbonyl (C=O) groups is 1. The summed E-state index contributed by atoms with van der Waals surface area (Å²) in [7, 11) is -9.55. The van der Waals surface area contributed by atoms with E-state index in [0.717, 1.165) is 18.2 Å². The van der Waals surface area contributed by atoms with Crippen molar-refractivity contribution >= 4 is 42.7 Å². The summed E-state index contributed by atoms with van der Waals surface area (Å²) in [6.45, 7) is 0. The molecule has 124 valence electrons. The Kier molecular flexibility index (Phi) is 3.94. The van der Waals surface area contributed by atoms with E-state index in [-0.39, 0.29) is 11.1 Å². The number of primary amides is 1. The van der Waals surface area contributed by atoms with Crippen molar-refractivity contribution in [2.75, 3.05) is 5.32 Å². The lowest BCUT2D eigenvalue weighted by Crippen LogP contribution is -2.19. The van der Waals surface area contributed by atoms with Crippen LogP contribution in [0, 0.1) is 0 Å². The van der Waals surface area contributed by atoms with Crippen molar-refractivity contribution in [1.29, 1.82) is 0 Å². The Labute approximate surface area is 130 Å². The standard InChI is InChI=1S/C11H10N2O8S2/c12-11(15)13-7-1-2-9(23(19,20)21)6-3-5(22(16,17)18)4-8(14)10(6)7/h1-4,14H,(H3,12,13,15)(H,16,17,18)(H,19,20,21). The number of aromatic hydroxyl groups is 1. The quantitative estimate of drug-likeness (QED) is 0.489. The molecule has 0 aromatic heterocycles. The molecule has 0 atom stereocenters. The summed E-state index contributed by atoms with van der Waals surface area (Å²) >= 11 is 0. The number of hydrogen-bond acceptors (Lipinski definition) is 6. The molecule has 0 saturated heterocycles. The minimum atomic E-state index is -4.79. The minimum absolute atomic E-state index is 0.126. The number of nitrogens with one attached hydrogen (secondary N) is 1. The van der Waals surface area contributed by atoms with Gasteiger partial charge in [0.05, 0.1) is 10.6 Å². The molecule has 10 nitrogen and oxygen atoms in total. The van der Waals surface area contributed by atoms with Crippen molar-refractivity contribution in [1.82, 2.24) is 0 Å². The number of fused-ring (bicyclic) bond motifs is 1. The van der Waals surface area contributed by atoms with Gasteiger partial charge in [0.2, 0.25) is 0 Å². The third kappa shape index (κ3) is 3.34. The highest BCUT2D eigenvalue weighted by molar-refractivity contribution is 7.86. The summed E-state index contributed by atoms with van der Waals surface area (Å²) in [4.78, 5) is 9.42. The van der Waals surface area contributed by atoms with Gasteiger partial charge >= 0.3 is 6.03 Å². The zero-order chi connectivity index (χ0) is 17.6. The summed E-state index contributed by atoms with van der Waals surface area (Å²) in [6, 6.07) is 2.26. The minimum Gasteiger partial charge on any atom is -0.507 e. The number of carbonyl (C=O) groups excluding carboxylic acids is 1. The van der Waals surface area contributed by atoms with Crippen LogP contribution in [0.4, 0.5) is 10.5 Å². The maximum atomic E-state index is 11.4. The summed E-state index contributed by atoms with van der Waals surface area (Å²) in [5.74, 6) is -0.760. The van der Waals surface area contributed by atoms with Crippen molar-refractivity contribution in [3.8, 4) is 5.75 Å². The number of phenolic OH excluding ortho intramolecular Hbond substituents is 1. The highest BCUT2D eigenvalue weighted by Gasteiger charge is 2.22. The van der Waals surface area contributed by atoms with Crippen LogP contribution in [0.1, 0.15) is 0 Å². The zero-order valence-corrected chi connectivity index (χ0v) is 12.7. The van der Waals surface area contributed by atoms with Gasteiger partial charge in [-0.1, -0.05) is 0 Å². The van der Waals surface area contributed by atoms with Gasteiger partial charge in [-0.25, -0.2) is 4.79 Å². The summed E-state index contributed by atoms with van der Waals surface area (Å²) in [5.41, 5.74) is 4.83. The first kappa shape index (κ1) is 17.0. The molecule has 2 aromatic rings. The van der Waals surface area contributed by atoms with Crippen molar-refractivity contribution in [3.63, 3.8) is 0 Å². The molecule has 0 aliphatic heterocycles. The molecule has 0 saturated carbocycles. The molecule has 12 heteroatoms. The number of urea groups is 1. The lowest BCUT2D eigenvalue weighted by molar-refractivity contribution is 0.259. The number of phenols is 1. The van der Waals surface area contributed by atoms with Crippen LogP contribution < -0.4 is 11.1 Å². The average Bonchev–Trinajstić information content (AvgIpc) is 2.34. The molecule has 2 aromatic carbocycles. The van der Waals surface area contributed by atoms with Gasteiger partial charge in [0, 0.05) is 16.8 Å². The summed E-state index contributed by atoms with van der Waals surface area (Å²) in [6.07, 6.45) is 0. The van der Waals surface area contributed by atoms with Crippen molar-refractivity contribution < 1.29 is 35.8 Å². The van der Waals surface area contributed by atoms with Crippen molar-refractivity contribution in [2.24, 2.45) is 5.73 Å². The molecule has 0 radical (unpaired) electrons. The van der Waals surface area contributed by atoms with Gasteiger partial charge < -0.3 is 16.2 Å². The van der Waals surface area contributed by atoms with E-state index in [9.17, 15) is 31.3 Å². The maximum absolute atomic E-state index is 11.4. The van der Waals surface area contributed by atoms with E-state index in [1.807, 2.05) is 0 Å². The Morgan fingerprint density at radius 2 is 1.65 bits per heavy atom. The van der Waals surface area contributed by atoms with Crippen LogP contribution in [0.25, 0.3) is 10.8 Å². The first-order chi connectivity index (χ1) is 10.4. The molecule has 0 heterocycles. The van der Waals surface area contributed by atoms with Crippen LogP contribution in [-0.2, 0) is 20.2 Å². The fraction of sp³-hybridized carbons (Fsp3) is 0. The molecule has 0 unspecified atom stereocenters. The lowest BCUT2D eigenvalue weighted by Gasteiger charge is -2.12. The number of benzene rings is 2. The van der Waals surface area contributed by atoms with Crippen molar-refractivity contribution in [3.05, 3.63) is 24.3 Å². The topological polar surface area (TPSA) is 184 Å². The monoisotopic (exact) mass is 362 g/mol. The van der Waals surface area contributed by atoms with Crippen LogP contribution in [0.2, 0.25) is 0 Å². The van der Waals surface area contributed by atoms with E-state index in [1.54, 1.807) is 0 Å². The molecular weight excluding hydrogens is 352 g/mol. The zero-order valence-electron chi connectivity index (χ0n) is 11.1. The Morgan fingerprint density at radius 3 is 2.13 bits per heavy atom. The Morgan fingerprint density at radius 1 is 1.04 bits per heavy atom. The smallest absolute Gasteiger partial charge is 0.316 e. The molecule has 0 bridgehead atoms. The number of amides is 2. The third-order valence-electron chi connectivity index (χ3n) is 2.86. The van der Waals surface area contributed by atoms with Gasteiger partial charge in [0.1, 0.15) is 10.6 Å². The molecule has 2 rings (SSSR count). The lowest BCUT2D eigenvalue weighted by atomic mass is 10.1. The van der Waals surface area contributed by atoms with Gasteiger partial charge in [-0.2, -0.15) is 16.8 Å². The van der Waals surface area contributed by atoms with Gasteiger partial charge in [0.15, 0.2) is 0 Å². The van der Waals surface area contributed by atoms with E-state index in [1.165, 1.54) is 0 Å². The van der Waals surface area contributed by atoms with Crippen LogP contribution >= 0.6 is 0 Å². The first-order valence-corrected chi connectivity index (χ1v) is 8.60. The van der Waals surface area contributed by atoms with E-state index in [0.29, 0.717) is 6.07 Å². The predicted octanol–water partition coefficient (Wildman–Crippen LogP) is 0.529. The highest BCUT2D eigenvalue weighted by atomic mass is 32.2. The Balaban J connectivity index is 3.02. The molecule has 0 spiro atoms. The van der Waals surface area contributed by atoms with E-state index in [4.69, 9.17) is 10.3 Å². The van der Waals surface area contributed by atoms with Gasteiger partial charge in [-0.3, -0.25) is 9.11 Å². The van der Waals surface area contributed by atoms with Gasteiger partial charge in [0.25, 0.3) is 20.2 Å². The molecule has 0 fully saturated rings. The molecule has 0 aliphatic carbocycles. The largest absolute Gasteiger partial charge is 0.507 e. The van der Waals surface area contributed by atoms with Gasteiger partial charge in [-0.05, 0) is 18.2 Å². The average molecular weight is 362 g/mol. The van der Waals surface area contributed by atoms with Crippen LogP contribution in [0.15, 0.2) is 34.1 Å².